The number of aliphatic hydroxyl groups is 1. The summed E-state index contributed by atoms with van der Waals surface area (Å²) in [6.07, 6.45) is 2.70. The number of carboxylic acid groups (broad SMARTS) is 1. The quantitative estimate of drug-likeness (QED) is 0.724. The zero-order chi connectivity index (χ0) is 15.3. The monoisotopic (exact) mass is 317 g/mol. The molecular formula is C13H13Cl2NO4. The highest BCUT2D eigenvalue weighted by atomic mass is 35.5. The van der Waals surface area contributed by atoms with Gasteiger partial charge in [-0.25, -0.2) is 4.79 Å². The first-order valence-corrected chi connectivity index (χ1v) is 6.35. The smallest absolute Gasteiger partial charge is 0.337 e. The van der Waals surface area contributed by atoms with Crippen LogP contribution in [0.5, 0.6) is 0 Å². The van der Waals surface area contributed by atoms with Crippen molar-refractivity contribution in [2.24, 2.45) is 0 Å². The molecule has 0 saturated carbocycles. The molecule has 0 aliphatic rings. The van der Waals surface area contributed by atoms with E-state index in [9.17, 15) is 14.7 Å². The van der Waals surface area contributed by atoms with Gasteiger partial charge < -0.3 is 15.5 Å². The lowest BCUT2D eigenvalue weighted by Gasteiger charge is -2.17. The van der Waals surface area contributed by atoms with Crippen LogP contribution in [0.25, 0.3) is 6.08 Å². The molecule has 1 atom stereocenters. The molecule has 0 aromatic heterocycles. The Hall–Kier alpha value is -1.56. The predicted octanol–water partition coefficient (Wildman–Crippen LogP) is 1.96. The maximum Gasteiger partial charge on any atom is 0.337 e. The fraction of sp³-hybridized carbons (Fsp3) is 0.231. The standard InChI is InChI=1S/C13H13Cl2NO4/c1-13(20,12(18)19)7-16-11(17)5-3-8-2-4-9(14)10(15)6-8/h2-6,20H,7H2,1H3,(H,16,17)(H,18,19). The molecule has 1 unspecified atom stereocenters. The predicted molar refractivity (Wildman–Crippen MR) is 76.8 cm³/mol. The Bertz CT molecular complexity index is 555. The van der Waals surface area contributed by atoms with Crippen molar-refractivity contribution in [1.29, 1.82) is 0 Å². The van der Waals surface area contributed by atoms with Crippen LogP contribution in [0.15, 0.2) is 24.3 Å². The van der Waals surface area contributed by atoms with E-state index in [1.165, 1.54) is 12.2 Å². The van der Waals surface area contributed by atoms with E-state index >= 15 is 0 Å². The number of carbonyl (C=O) groups is 2. The van der Waals surface area contributed by atoms with E-state index < -0.39 is 24.0 Å². The number of nitrogens with one attached hydrogen (secondary N) is 1. The van der Waals surface area contributed by atoms with Crippen LogP contribution in [-0.2, 0) is 9.59 Å². The van der Waals surface area contributed by atoms with Gasteiger partial charge in [0.05, 0.1) is 16.6 Å². The van der Waals surface area contributed by atoms with E-state index in [2.05, 4.69) is 5.32 Å². The summed E-state index contributed by atoms with van der Waals surface area (Å²) < 4.78 is 0. The largest absolute Gasteiger partial charge is 0.479 e. The summed E-state index contributed by atoms with van der Waals surface area (Å²) in [6, 6.07) is 4.85. The summed E-state index contributed by atoms with van der Waals surface area (Å²) in [5, 5.41) is 21.2. The van der Waals surface area contributed by atoms with Crippen molar-refractivity contribution >= 4 is 41.2 Å². The zero-order valence-corrected chi connectivity index (χ0v) is 12.1. The third-order valence-electron chi connectivity index (χ3n) is 2.44. The molecule has 7 heteroatoms. The van der Waals surface area contributed by atoms with E-state index in [0.717, 1.165) is 6.92 Å². The number of rotatable bonds is 5. The van der Waals surface area contributed by atoms with Crippen molar-refractivity contribution in [3.63, 3.8) is 0 Å². The lowest BCUT2D eigenvalue weighted by Crippen LogP contribution is -2.46. The van der Waals surface area contributed by atoms with Gasteiger partial charge in [0.25, 0.3) is 0 Å². The van der Waals surface area contributed by atoms with Gasteiger partial charge in [-0.05, 0) is 30.7 Å². The van der Waals surface area contributed by atoms with Crippen molar-refractivity contribution in [3.8, 4) is 0 Å². The number of aliphatic carboxylic acids is 1. The summed E-state index contributed by atoms with van der Waals surface area (Å²) >= 11 is 11.6. The van der Waals surface area contributed by atoms with Gasteiger partial charge >= 0.3 is 5.97 Å². The minimum Gasteiger partial charge on any atom is -0.479 e. The third-order valence-corrected chi connectivity index (χ3v) is 3.18. The van der Waals surface area contributed by atoms with Crippen molar-refractivity contribution in [2.45, 2.75) is 12.5 Å². The average molecular weight is 318 g/mol. The summed E-state index contributed by atoms with van der Waals surface area (Å²) in [5.74, 6) is -1.94. The Morgan fingerprint density at radius 1 is 1.35 bits per heavy atom. The maximum atomic E-state index is 11.5. The van der Waals surface area contributed by atoms with Crippen LogP contribution in [-0.4, -0.2) is 34.2 Å². The van der Waals surface area contributed by atoms with Crippen molar-refractivity contribution in [2.75, 3.05) is 6.54 Å². The summed E-state index contributed by atoms with van der Waals surface area (Å²) in [6.45, 7) is 0.700. The van der Waals surface area contributed by atoms with E-state index in [-0.39, 0.29) is 0 Å². The van der Waals surface area contributed by atoms with Crippen LogP contribution in [0.1, 0.15) is 12.5 Å². The number of benzene rings is 1. The van der Waals surface area contributed by atoms with Gasteiger partial charge in [0.15, 0.2) is 5.60 Å². The molecule has 0 heterocycles. The molecule has 1 amide bonds. The number of hydrogen-bond donors (Lipinski definition) is 3. The Morgan fingerprint density at radius 2 is 2.00 bits per heavy atom. The second-order valence-corrected chi connectivity index (χ2v) is 5.12. The molecule has 0 bridgehead atoms. The van der Waals surface area contributed by atoms with Gasteiger partial charge in [0, 0.05) is 6.08 Å². The highest BCUT2D eigenvalue weighted by Gasteiger charge is 2.29. The number of amides is 1. The molecule has 0 aliphatic carbocycles. The normalized spacial score (nSPS) is 14.0. The molecule has 1 aromatic carbocycles. The van der Waals surface area contributed by atoms with E-state index in [1.54, 1.807) is 18.2 Å². The lowest BCUT2D eigenvalue weighted by molar-refractivity contribution is -0.156. The molecule has 0 aliphatic heterocycles. The third kappa shape index (κ3) is 4.85. The molecule has 0 fully saturated rings. The van der Waals surface area contributed by atoms with Crippen LogP contribution < -0.4 is 5.32 Å². The van der Waals surface area contributed by atoms with Crippen molar-refractivity contribution < 1.29 is 19.8 Å². The maximum absolute atomic E-state index is 11.5. The topological polar surface area (TPSA) is 86.6 Å². The van der Waals surface area contributed by atoms with Crippen LogP contribution >= 0.6 is 23.2 Å². The number of halogens is 2. The van der Waals surface area contributed by atoms with Gasteiger partial charge in [0.2, 0.25) is 5.91 Å². The molecule has 3 N–H and O–H groups in total. The molecular weight excluding hydrogens is 305 g/mol. The Labute approximate surface area is 125 Å². The van der Waals surface area contributed by atoms with E-state index in [4.69, 9.17) is 28.3 Å². The molecule has 0 saturated heterocycles. The summed E-state index contributed by atoms with van der Waals surface area (Å²) in [5.41, 5.74) is -1.34. The molecule has 5 nitrogen and oxygen atoms in total. The first-order valence-electron chi connectivity index (χ1n) is 5.59. The molecule has 1 aromatic rings. The van der Waals surface area contributed by atoms with Gasteiger partial charge in [-0.1, -0.05) is 29.3 Å². The minimum absolute atomic E-state index is 0.364. The van der Waals surface area contributed by atoms with E-state index in [1.807, 2.05) is 0 Å². The highest BCUT2D eigenvalue weighted by molar-refractivity contribution is 6.42. The number of carbonyl (C=O) groups excluding carboxylic acids is 1. The summed E-state index contributed by atoms with van der Waals surface area (Å²) in [7, 11) is 0. The first-order chi connectivity index (χ1) is 9.22. The Kier molecular flexibility index (Phi) is 5.56. The van der Waals surface area contributed by atoms with Gasteiger partial charge in [-0.15, -0.1) is 0 Å². The summed E-state index contributed by atoms with van der Waals surface area (Å²) in [4.78, 5) is 22.1. The molecule has 0 spiro atoms. The van der Waals surface area contributed by atoms with Gasteiger partial charge in [0.1, 0.15) is 0 Å². The van der Waals surface area contributed by atoms with E-state index in [0.29, 0.717) is 15.6 Å². The van der Waals surface area contributed by atoms with Crippen LogP contribution in [0.2, 0.25) is 10.0 Å². The van der Waals surface area contributed by atoms with Crippen LogP contribution in [0, 0.1) is 0 Å². The first kappa shape index (κ1) is 16.5. The Balaban J connectivity index is 2.60. The van der Waals surface area contributed by atoms with Crippen LogP contribution in [0.3, 0.4) is 0 Å². The number of hydrogen-bond acceptors (Lipinski definition) is 3. The average Bonchev–Trinajstić information content (AvgIpc) is 2.37. The lowest BCUT2D eigenvalue weighted by atomic mass is 10.1. The number of carboxylic acids is 1. The second-order valence-electron chi connectivity index (χ2n) is 4.30. The van der Waals surface area contributed by atoms with Gasteiger partial charge in [-0.2, -0.15) is 0 Å². The molecule has 1 rings (SSSR count). The fourth-order valence-corrected chi connectivity index (χ4v) is 1.49. The SMILES string of the molecule is CC(O)(CNC(=O)C=Cc1ccc(Cl)c(Cl)c1)C(=O)O. The molecule has 0 radical (unpaired) electrons. The van der Waals surface area contributed by atoms with Crippen molar-refractivity contribution in [1.82, 2.24) is 5.32 Å². The van der Waals surface area contributed by atoms with Crippen molar-refractivity contribution in [3.05, 3.63) is 39.9 Å². The second kappa shape index (κ2) is 6.74. The van der Waals surface area contributed by atoms with Crippen LogP contribution in [0.4, 0.5) is 0 Å². The Morgan fingerprint density at radius 3 is 2.55 bits per heavy atom. The zero-order valence-electron chi connectivity index (χ0n) is 10.6. The van der Waals surface area contributed by atoms with Gasteiger partial charge in [-0.3, -0.25) is 4.79 Å². The molecule has 108 valence electrons. The highest BCUT2D eigenvalue weighted by Crippen LogP contribution is 2.23. The minimum atomic E-state index is -2.01. The fourth-order valence-electron chi connectivity index (χ4n) is 1.18. The molecule has 20 heavy (non-hydrogen) atoms.